The van der Waals surface area contributed by atoms with Crippen molar-refractivity contribution in [3.05, 3.63) is 42.5 Å². The fraction of sp³-hybridized carbons (Fsp3) is 0.154. The van der Waals surface area contributed by atoms with Crippen molar-refractivity contribution in [1.82, 2.24) is 15.0 Å². The lowest BCUT2D eigenvalue weighted by atomic mass is 10.2. The van der Waals surface area contributed by atoms with Gasteiger partial charge in [0.2, 0.25) is 0 Å². The molecule has 0 atom stereocenters. The first-order chi connectivity index (χ1) is 8.36. The molecule has 0 aliphatic rings. The molecule has 3 heterocycles. The standard InChI is InChI=1S/C13H11N3O/c1-2-9-3-4-10(15-6-9)12-5-11-13(17-12)7-14-8-16-11/h3-8H,2H2,1H3. The number of furan rings is 1. The van der Waals surface area contributed by atoms with Gasteiger partial charge in [-0.1, -0.05) is 13.0 Å². The molecule has 3 aromatic rings. The molecule has 0 spiro atoms. The minimum absolute atomic E-state index is 0.684. The highest BCUT2D eigenvalue weighted by Gasteiger charge is 2.07. The van der Waals surface area contributed by atoms with Crippen LogP contribution in [0.25, 0.3) is 22.6 Å². The van der Waals surface area contributed by atoms with E-state index in [1.54, 1.807) is 6.20 Å². The molecular weight excluding hydrogens is 214 g/mol. The summed E-state index contributed by atoms with van der Waals surface area (Å²) in [5.74, 6) is 0.725. The third-order valence-electron chi connectivity index (χ3n) is 2.68. The quantitative estimate of drug-likeness (QED) is 0.673. The van der Waals surface area contributed by atoms with Gasteiger partial charge in [-0.3, -0.25) is 4.98 Å². The number of pyridine rings is 1. The van der Waals surface area contributed by atoms with Gasteiger partial charge in [-0.25, -0.2) is 9.97 Å². The van der Waals surface area contributed by atoms with E-state index in [1.165, 1.54) is 11.9 Å². The fourth-order valence-corrected chi connectivity index (χ4v) is 1.69. The third-order valence-corrected chi connectivity index (χ3v) is 2.68. The van der Waals surface area contributed by atoms with Crippen LogP contribution in [0, 0.1) is 0 Å². The third kappa shape index (κ3) is 1.78. The topological polar surface area (TPSA) is 51.8 Å². The van der Waals surface area contributed by atoms with E-state index < -0.39 is 0 Å². The summed E-state index contributed by atoms with van der Waals surface area (Å²) in [5.41, 5.74) is 3.52. The van der Waals surface area contributed by atoms with Crippen LogP contribution in [0.4, 0.5) is 0 Å². The van der Waals surface area contributed by atoms with Crippen molar-refractivity contribution in [2.75, 3.05) is 0 Å². The van der Waals surface area contributed by atoms with Gasteiger partial charge in [-0.2, -0.15) is 0 Å². The predicted molar refractivity (Wildman–Crippen MR) is 64.4 cm³/mol. The molecule has 4 heteroatoms. The number of hydrogen-bond donors (Lipinski definition) is 0. The molecule has 84 valence electrons. The van der Waals surface area contributed by atoms with Crippen LogP contribution in [0.5, 0.6) is 0 Å². The number of nitrogens with zero attached hydrogens (tertiary/aromatic N) is 3. The van der Waals surface area contributed by atoms with Gasteiger partial charge in [-0.15, -0.1) is 0 Å². The van der Waals surface area contributed by atoms with Crippen LogP contribution in [-0.4, -0.2) is 15.0 Å². The minimum atomic E-state index is 0.684. The molecule has 0 N–H and O–H groups in total. The summed E-state index contributed by atoms with van der Waals surface area (Å²) in [7, 11) is 0. The van der Waals surface area contributed by atoms with Gasteiger partial charge in [0, 0.05) is 12.3 Å². The first-order valence-electron chi connectivity index (χ1n) is 5.51. The summed E-state index contributed by atoms with van der Waals surface area (Å²) in [6.07, 6.45) is 6.02. The Balaban J connectivity index is 2.07. The molecule has 0 aromatic carbocycles. The smallest absolute Gasteiger partial charge is 0.171 e. The summed E-state index contributed by atoms with van der Waals surface area (Å²) < 4.78 is 5.64. The zero-order valence-electron chi connectivity index (χ0n) is 9.42. The number of fused-ring (bicyclic) bond motifs is 1. The maximum Gasteiger partial charge on any atom is 0.171 e. The van der Waals surface area contributed by atoms with E-state index in [0.717, 1.165) is 23.4 Å². The van der Waals surface area contributed by atoms with Crippen LogP contribution in [0.1, 0.15) is 12.5 Å². The molecule has 0 unspecified atom stereocenters. The van der Waals surface area contributed by atoms with E-state index >= 15 is 0 Å². The Morgan fingerprint density at radius 1 is 1.18 bits per heavy atom. The van der Waals surface area contributed by atoms with Gasteiger partial charge in [0.1, 0.15) is 17.5 Å². The van der Waals surface area contributed by atoms with Crippen LogP contribution < -0.4 is 0 Å². The largest absolute Gasteiger partial charge is 0.451 e. The molecular formula is C13H11N3O. The molecule has 0 radical (unpaired) electrons. The first-order valence-corrected chi connectivity index (χ1v) is 5.51. The lowest BCUT2D eigenvalue weighted by Gasteiger charge is -1.97. The SMILES string of the molecule is CCc1ccc(-c2cc3ncncc3o2)nc1. The maximum absolute atomic E-state index is 5.64. The predicted octanol–water partition coefficient (Wildman–Crippen LogP) is 2.85. The molecule has 0 bridgehead atoms. The lowest BCUT2D eigenvalue weighted by molar-refractivity contribution is 0.626. The first kappa shape index (κ1) is 9.96. The molecule has 3 rings (SSSR count). The van der Waals surface area contributed by atoms with Crippen molar-refractivity contribution >= 4 is 11.1 Å². The number of aromatic nitrogens is 3. The van der Waals surface area contributed by atoms with Crippen molar-refractivity contribution in [3.8, 4) is 11.5 Å². The molecule has 3 aromatic heterocycles. The molecule has 0 saturated heterocycles. The van der Waals surface area contributed by atoms with Crippen LogP contribution in [0.2, 0.25) is 0 Å². The van der Waals surface area contributed by atoms with E-state index in [2.05, 4.69) is 27.9 Å². The summed E-state index contributed by atoms with van der Waals surface area (Å²) in [5, 5.41) is 0. The Morgan fingerprint density at radius 2 is 2.12 bits per heavy atom. The summed E-state index contributed by atoms with van der Waals surface area (Å²) >= 11 is 0. The van der Waals surface area contributed by atoms with Gasteiger partial charge < -0.3 is 4.42 Å². The normalized spacial score (nSPS) is 10.9. The minimum Gasteiger partial charge on any atom is -0.451 e. The second-order valence-electron chi connectivity index (χ2n) is 3.79. The van der Waals surface area contributed by atoms with Crippen LogP contribution >= 0.6 is 0 Å². The van der Waals surface area contributed by atoms with Gasteiger partial charge in [0.25, 0.3) is 0 Å². The Morgan fingerprint density at radius 3 is 2.82 bits per heavy atom. The van der Waals surface area contributed by atoms with E-state index in [-0.39, 0.29) is 0 Å². The van der Waals surface area contributed by atoms with Crippen molar-refractivity contribution in [2.45, 2.75) is 13.3 Å². The molecule has 0 aliphatic carbocycles. The number of aryl methyl sites for hydroxylation is 1. The fourth-order valence-electron chi connectivity index (χ4n) is 1.69. The Bertz CT molecular complexity index is 610. The molecule has 0 saturated carbocycles. The van der Waals surface area contributed by atoms with Crippen LogP contribution in [0.15, 0.2) is 41.3 Å². The van der Waals surface area contributed by atoms with E-state index in [9.17, 15) is 0 Å². The second-order valence-corrected chi connectivity index (χ2v) is 3.79. The van der Waals surface area contributed by atoms with E-state index in [1.807, 2.05) is 18.3 Å². The monoisotopic (exact) mass is 225 g/mol. The number of rotatable bonds is 2. The zero-order valence-corrected chi connectivity index (χ0v) is 9.42. The highest BCUT2D eigenvalue weighted by atomic mass is 16.3. The van der Waals surface area contributed by atoms with E-state index in [4.69, 9.17) is 4.42 Å². The van der Waals surface area contributed by atoms with Crippen molar-refractivity contribution < 1.29 is 4.42 Å². The molecule has 0 fully saturated rings. The molecule has 17 heavy (non-hydrogen) atoms. The van der Waals surface area contributed by atoms with Gasteiger partial charge >= 0.3 is 0 Å². The second kappa shape index (κ2) is 3.97. The summed E-state index contributed by atoms with van der Waals surface area (Å²) in [6, 6.07) is 5.90. The molecule has 0 amide bonds. The van der Waals surface area contributed by atoms with Crippen LogP contribution in [0.3, 0.4) is 0 Å². The average molecular weight is 225 g/mol. The Hall–Kier alpha value is -2.23. The molecule has 0 aliphatic heterocycles. The Kier molecular flexibility index (Phi) is 2.33. The van der Waals surface area contributed by atoms with Gasteiger partial charge in [0.15, 0.2) is 11.3 Å². The van der Waals surface area contributed by atoms with Crippen molar-refractivity contribution in [3.63, 3.8) is 0 Å². The summed E-state index contributed by atoms with van der Waals surface area (Å²) in [6.45, 7) is 2.10. The maximum atomic E-state index is 5.64. The Labute approximate surface area is 98.4 Å². The van der Waals surface area contributed by atoms with Gasteiger partial charge in [-0.05, 0) is 18.1 Å². The molecule has 4 nitrogen and oxygen atoms in total. The highest BCUT2D eigenvalue weighted by molar-refractivity contribution is 5.77. The van der Waals surface area contributed by atoms with Crippen molar-refractivity contribution in [2.24, 2.45) is 0 Å². The van der Waals surface area contributed by atoms with Gasteiger partial charge in [0.05, 0.1) is 6.20 Å². The number of hydrogen-bond acceptors (Lipinski definition) is 4. The van der Waals surface area contributed by atoms with Crippen molar-refractivity contribution in [1.29, 1.82) is 0 Å². The van der Waals surface area contributed by atoms with Crippen LogP contribution in [-0.2, 0) is 6.42 Å². The van der Waals surface area contributed by atoms with E-state index in [0.29, 0.717) is 5.58 Å². The summed E-state index contributed by atoms with van der Waals surface area (Å²) in [4.78, 5) is 12.4. The zero-order chi connectivity index (χ0) is 11.7. The highest BCUT2D eigenvalue weighted by Crippen LogP contribution is 2.24. The average Bonchev–Trinajstić information content (AvgIpc) is 2.82. The lowest BCUT2D eigenvalue weighted by Crippen LogP contribution is -1.84.